The number of hydrogen-bond donors (Lipinski definition) is 0. The zero-order valence-corrected chi connectivity index (χ0v) is 39.0. The summed E-state index contributed by atoms with van der Waals surface area (Å²) in [5.74, 6) is 1.79. The molecule has 0 aliphatic heterocycles. The van der Waals surface area contributed by atoms with Gasteiger partial charge in [0, 0.05) is 16.7 Å². The van der Waals surface area contributed by atoms with Crippen LogP contribution in [0, 0.1) is 11.3 Å². The number of aromatic nitrogens is 3. The normalized spacial score (nSPS) is 11.3. The quantitative estimate of drug-likeness (QED) is 0.143. The summed E-state index contributed by atoms with van der Waals surface area (Å²) in [6, 6.07) is 91.8. The lowest BCUT2D eigenvalue weighted by molar-refractivity contribution is 1.07. The van der Waals surface area contributed by atoms with Crippen molar-refractivity contribution in [3.63, 3.8) is 0 Å². The topological polar surface area (TPSA) is 62.5 Å². The SMILES string of the molecule is N#Cc1cc(-c2ccc(-c3nc(-c4ccccc4)nc(-c4cccc(-c5ccc6ccccc6c5)c4)n3)cc2)ccc1-c1ccc(-c2ccccc2-c2ccc3c4ccccc4c4ccccc4c3c2)cc1. The molecule has 13 aromatic rings. The molecule has 0 saturated carbocycles. The van der Waals surface area contributed by atoms with Crippen molar-refractivity contribution in [2.24, 2.45) is 0 Å². The molecule has 0 bridgehead atoms. The van der Waals surface area contributed by atoms with E-state index >= 15 is 0 Å². The molecule has 1 aromatic heterocycles. The number of hydrogen-bond acceptors (Lipinski definition) is 4. The first-order valence-corrected chi connectivity index (χ1v) is 24.2. The fourth-order valence-corrected chi connectivity index (χ4v) is 10.3. The van der Waals surface area contributed by atoms with Gasteiger partial charge in [0.1, 0.15) is 0 Å². The van der Waals surface area contributed by atoms with Crippen LogP contribution in [0.25, 0.3) is 133 Å². The van der Waals surface area contributed by atoms with Gasteiger partial charge in [-0.25, -0.2) is 15.0 Å². The predicted molar refractivity (Wildman–Crippen MR) is 298 cm³/mol. The molecule has 13 rings (SSSR count). The Bertz CT molecular complexity index is 4230. The molecule has 1 heterocycles. The molecule has 0 radical (unpaired) electrons. The third kappa shape index (κ3) is 7.72. The molecular weight excluding hydrogens is 873 g/mol. The van der Waals surface area contributed by atoms with Crippen LogP contribution >= 0.6 is 0 Å². The highest BCUT2D eigenvalue weighted by Gasteiger charge is 2.16. The third-order valence-corrected chi connectivity index (χ3v) is 14.0. The highest BCUT2D eigenvalue weighted by Crippen LogP contribution is 2.40. The maximum Gasteiger partial charge on any atom is 0.164 e. The maximum atomic E-state index is 10.5. The Morgan fingerprint density at radius 3 is 1.35 bits per heavy atom. The minimum Gasteiger partial charge on any atom is -0.208 e. The number of rotatable bonds is 8. The monoisotopic (exact) mass is 914 g/mol. The number of nitriles is 1. The van der Waals surface area contributed by atoms with E-state index < -0.39 is 0 Å². The fraction of sp³-hybridized carbons (Fsp3) is 0. The summed E-state index contributed by atoms with van der Waals surface area (Å²) >= 11 is 0. The van der Waals surface area contributed by atoms with Gasteiger partial charge in [-0.05, 0) is 123 Å². The Hall–Kier alpha value is -9.82. The van der Waals surface area contributed by atoms with Crippen LogP contribution in [0.4, 0.5) is 0 Å². The smallest absolute Gasteiger partial charge is 0.164 e. The van der Waals surface area contributed by atoms with Gasteiger partial charge in [-0.15, -0.1) is 0 Å². The van der Waals surface area contributed by atoms with Gasteiger partial charge in [0.25, 0.3) is 0 Å². The molecule has 12 aromatic carbocycles. The molecule has 0 spiro atoms. The highest BCUT2D eigenvalue weighted by molar-refractivity contribution is 6.25. The summed E-state index contributed by atoms with van der Waals surface area (Å²) in [6.45, 7) is 0. The van der Waals surface area contributed by atoms with Crippen LogP contribution < -0.4 is 0 Å². The van der Waals surface area contributed by atoms with Crippen LogP contribution in [-0.2, 0) is 0 Å². The summed E-state index contributed by atoms with van der Waals surface area (Å²) in [5, 5.41) is 20.5. The summed E-state index contributed by atoms with van der Waals surface area (Å²) in [6.07, 6.45) is 0. The van der Waals surface area contributed by atoms with E-state index in [1.165, 1.54) is 54.2 Å². The van der Waals surface area contributed by atoms with E-state index in [0.717, 1.165) is 61.2 Å². The fourth-order valence-electron chi connectivity index (χ4n) is 10.3. The van der Waals surface area contributed by atoms with E-state index in [9.17, 15) is 5.26 Å². The maximum absolute atomic E-state index is 10.5. The molecule has 334 valence electrons. The zero-order chi connectivity index (χ0) is 48.0. The van der Waals surface area contributed by atoms with Crippen molar-refractivity contribution in [2.75, 3.05) is 0 Å². The summed E-state index contributed by atoms with van der Waals surface area (Å²) < 4.78 is 0. The molecule has 0 aliphatic rings. The van der Waals surface area contributed by atoms with Crippen LogP contribution in [0.5, 0.6) is 0 Å². The summed E-state index contributed by atoms with van der Waals surface area (Å²) in [7, 11) is 0. The van der Waals surface area contributed by atoms with E-state index in [1.54, 1.807) is 0 Å². The van der Waals surface area contributed by atoms with E-state index in [-0.39, 0.29) is 0 Å². The van der Waals surface area contributed by atoms with Gasteiger partial charge in [0.05, 0.1) is 11.6 Å². The van der Waals surface area contributed by atoms with E-state index in [2.05, 4.69) is 212 Å². The van der Waals surface area contributed by atoms with Crippen molar-refractivity contribution in [1.29, 1.82) is 5.26 Å². The standard InChI is InChI=1S/C68H42N4/c69-43-56-41-52(35-37-57(56)46-28-30-47(31-29-46)58-19-6-7-20-59(58)54-36-38-64-62-23-9-8-21-60(62)61-22-10-11-24-63(61)65(64)42-54)45-25-32-49(33-26-45)67-70-66(48-14-2-1-3-15-48)71-68(72-67)55-18-12-17-51(40-55)53-34-27-44-13-4-5-16-50(44)39-53/h1-42H. The van der Waals surface area contributed by atoms with Gasteiger partial charge in [-0.3, -0.25) is 0 Å². The van der Waals surface area contributed by atoms with Crippen LogP contribution in [0.15, 0.2) is 255 Å². The highest BCUT2D eigenvalue weighted by atomic mass is 15.0. The van der Waals surface area contributed by atoms with Gasteiger partial charge >= 0.3 is 0 Å². The zero-order valence-electron chi connectivity index (χ0n) is 39.0. The Morgan fingerprint density at radius 1 is 0.236 bits per heavy atom. The first-order chi connectivity index (χ1) is 35.6. The Kier molecular flexibility index (Phi) is 10.5. The van der Waals surface area contributed by atoms with E-state index in [0.29, 0.717) is 23.0 Å². The lowest BCUT2D eigenvalue weighted by Gasteiger charge is -2.15. The lowest BCUT2D eigenvalue weighted by atomic mass is 9.89. The van der Waals surface area contributed by atoms with Crippen molar-refractivity contribution >= 4 is 43.1 Å². The third-order valence-electron chi connectivity index (χ3n) is 14.0. The van der Waals surface area contributed by atoms with Crippen LogP contribution in [0.2, 0.25) is 0 Å². The lowest BCUT2D eigenvalue weighted by Crippen LogP contribution is -2.00. The second kappa shape index (κ2) is 17.9. The number of nitrogens with zero attached hydrogens (tertiary/aromatic N) is 4. The molecule has 0 atom stereocenters. The van der Waals surface area contributed by atoms with Gasteiger partial charge in [0.2, 0.25) is 0 Å². The molecule has 0 N–H and O–H groups in total. The Balaban J connectivity index is 0.791. The van der Waals surface area contributed by atoms with Crippen LogP contribution in [0.3, 0.4) is 0 Å². The van der Waals surface area contributed by atoms with Gasteiger partial charge < -0.3 is 0 Å². The van der Waals surface area contributed by atoms with Crippen LogP contribution in [0.1, 0.15) is 5.56 Å². The van der Waals surface area contributed by atoms with Crippen molar-refractivity contribution in [3.8, 4) is 95.9 Å². The van der Waals surface area contributed by atoms with Gasteiger partial charge in [0.15, 0.2) is 17.5 Å². The van der Waals surface area contributed by atoms with Crippen molar-refractivity contribution in [3.05, 3.63) is 260 Å². The van der Waals surface area contributed by atoms with E-state index in [4.69, 9.17) is 15.0 Å². The molecule has 4 heteroatoms. The van der Waals surface area contributed by atoms with E-state index in [1.807, 2.05) is 48.5 Å². The first kappa shape index (κ1) is 42.3. The predicted octanol–water partition coefficient (Wildman–Crippen LogP) is 17.7. The minimum atomic E-state index is 0.584. The van der Waals surface area contributed by atoms with Gasteiger partial charge in [-0.1, -0.05) is 231 Å². The van der Waals surface area contributed by atoms with Crippen molar-refractivity contribution < 1.29 is 0 Å². The molecular formula is C68H42N4. The Labute approximate surface area is 417 Å². The summed E-state index contributed by atoms with van der Waals surface area (Å²) in [5.41, 5.74) is 14.0. The summed E-state index contributed by atoms with van der Waals surface area (Å²) in [4.78, 5) is 15.1. The van der Waals surface area contributed by atoms with Crippen molar-refractivity contribution in [2.45, 2.75) is 0 Å². The number of fused-ring (bicyclic) bond motifs is 7. The molecule has 0 saturated heterocycles. The minimum absolute atomic E-state index is 0.584. The van der Waals surface area contributed by atoms with Crippen LogP contribution in [-0.4, -0.2) is 15.0 Å². The molecule has 4 nitrogen and oxygen atoms in total. The largest absolute Gasteiger partial charge is 0.208 e. The molecule has 0 fully saturated rings. The number of benzene rings is 12. The second-order valence-electron chi connectivity index (χ2n) is 18.2. The molecule has 72 heavy (non-hydrogen) atoms. The first-order valence-electron chi connectivity index (χ1n) is 24.2. The molecule has 0 aliphatic carbocycles. The molecule has 0 unspecified atom stereocenters. The molecule has 0 amide bonds. The second-order valence-corrected chi connectivity index (χ2v) is 18.2. The Morgan fingerprint density at radius 2 is 0.667 bits per heavy atom. The average molecular weight is 915 g/mol. The van der Waals surface area contributed by atoms with Gasteiger partial charge in [-0.2, -0.15) is 5.26 Å². The average Bonchev–Trinajstić information content (AvgIpc) is 3.47. The van der Waals surface area contributed by atoms with Crippen molar-refractivity contribution in [1.82, 2.24) is 15.0 Å².